The van der Waals surface area contributed by atoms with Crippen LogP contribution in [0.3, 0.4) is 0 Å². The summed E-state index contributed by atoms with van der Waals surface area (Å²) in [6.45, 7) is 2.13. The van der Waals surface area contributed by atoms with Crippen molar-refractivity contribution in [2.75, 3.05) is 24.5 Å². The van der Waals surface area contributed by atoms with Crippen molar-refractivity contribution in [1.82, 2.24) is 35.5 Å². The van der Waals surface area contributed by atoms with Gasteiger partial charge >= 0.3 is 0 Å². The van der Waals surface area contributed by atoms with Crippen molar-refractivity contribution >= 4 is 5.82 Å². The monoisotopic (exact) mass is 271 g/mol. The Hall–Kier alpha value is -2.60. The minimum Gasteiger partial charge on any atom is -0.351 e. The molecule has 0 bridgehead atoms. The molecule has 0 aromatic carbocycles. The quantitative estimate of drug-likeness (QED) is 0.742. The number of piperazine rings is 1. The van der Waals surface area contributed by atoms with Crippen molar-refractivity contribution in [1.29, 1.82) is 5.26 Å². The Morgan fingerprint density at radius 3 is 3.00 bits per heavy atom. The van der Waals surface area contributed by atoms with Crippen LogP contribution < -0.4 is 10.2 Å². The minimum absolute atomic E-state index is 0.0361. The third-order valence-electron chi connectivity index (χ3n) is 3.10. The molecule has 9 nitrogen and oxygen atoms in total. The van der Waals surface area contributed by atoms with E-state index in [4.69, 9.17) is 5.26 Å². The van der Waals surface area contributed by atoms with E-state index in [1.165, 1.54) is 11.0 Å². The van der Waals surface area contributed by atoms with Crippen LogP contribution in [0, 0.1) is 11.3 Å². The Morgan fingerprint density at radius 1 is 1.40 bits per heavy atom. The van der Waals surface area contributed by atoms with Gasteiger partial charge in [0.15, 0.2) is 17.3 Å². The van der Waals surface area contributed by atoms with Crippen LogP contribution in [-0.2, 0) is 7.05 Å². The van der Waals surface area contributed by atoms with Gasteiger partial charge < -0.3 is 10.2 Å². The van der Waals surface area contributed by atoms with E-state index in [1.54, 1.807) is 13.2 Å². The van der Waals surface area contributed by atoms with Crippen molar-refractivity contribution < 1.29 is 0 Å². The second kappa shape index (κ2) is 5.18. The molecule has 0 saturated carbocycles. The lowest BCUT2D eigenvalue weighted by molar-refractivity contribution is 0.449. The first-order valence-electron chi connectivity index (χ1n) is 6.21. The summed E-state index contributed by atoms with van der Waals surface area (Å²) < 4.78 is 0. The summed E-state index contributed by atoms with van der Waals surface area (Å²) in [4.78, 5) is 11.7. The highest BCUT2D eigenvalue weighted by Crippen LogP contribution is 2.20. The van der Waals surface area contributed by atoms with Gasteiger partial charge in [-0.15, -0.1) is 10.2 Å². The normalized spacial score (nSPS) is 18.8. The van der Waals surface area contributed by atoms with E-state index in [9.17, 15) is 0 Å². The van der Waals surface area contributed by atoms with Gasteiger partial charge in [-0.1, -0.05) is 0 Å². The molecule has 102 valence electrons. The Morgan fingerprint density at radius 2 is 2.25 bits per heavy atom. The van der Waals surface area contributed by atoms with E-state index in [2.05, 4.69) is 36.8 Å². The Labute approximate surface area is 115 Å². The number of anilines is 1. The first-order chi connectivity index (χ1) is 9.78. The van der Waals surface area contributed by atoms with Crippen LogP contribution in [0.25, 0.3) is 0 Å². The van der Waals surface area contributed by atoms with Crippen LogP contribution in [-0.4, -0.2) is 49.8 Å². The molecule has 0 radical (unpaired) electrons. The molecule has 1 aliphatic rings. The van der Waals surface area contributed by atoms with Crippen molar-refractivity contribution in [2.24, 2.45) is 7.05 Å². The highest BCUT2D eigenvalue weighted by molar-refractivity contribution is 5.50. The van der Waals surface area contributed by atoms with Crippen LogP contribution in [0.2, 0.25) is 0 Å². The Kier molecular flexibility index (Phi) is 3.22. The van der Waals surface area contributed by atoms with Gasteiger partial charge in [0.05, 0.1) is 13.1 Å². The highest BCUT2D eigenvalue weighted by atomic mass is 15.6. The van der Waals surface area contributed by atoms with Crippen LogP contribution in [0.5, 0.6) is 0 Å². The van der Waals surface area contributed by atoms with Gasteiger partial charge in [0, 0.05) is 32.0 Å². The van der Waals surface area contributed by atoms with Crippen LogP contribution in [0.15, 0.2) is 12.4 Å². The summed E-state index contributed by atoms with van der Waals surface area (Å²) >= 11 is 0. The predicted octanol–water partition coefficient (Wildman–Crippen LogP) is -0.977. The molecule has 1 unspecified atom stereocenters. The molecule has 3 rings (SSSR count). The molecule has 2 aromatic heterocycles. The highest BCUT2D eigenvalue weighted by Gasteiger charge is 2.26. The van der Waals surface area contributed by atoms with E-state index in [-0.39, 0.29) is 6.04 Å². The van der Waals surface area contributed by atoms with Crippen LogP contribution in [0.4, 0.5) is 5.82 Å². The lowest BCUT2D eigenvalue weighted by Gasteiger charge is -2.33. The zero-order valence-corrected chi connectivity index (χ0v) is 10.9. The van der Waals surface area contributed by atoms with E-state index in [0.29, 0.717) is 23.9 Å². The van der Waals surface area contributed by atoms with Gasteiger partial charge in [-0.05, 0) is 5.21 Å². The molecule has 1 fully saturated rings. The maximum absolute atomic E-state index is 9.10. The molecule has 0 spiro atoms. The molecule has 1 N–H and O–H groups in total. The molecule has 2 aromatic rings. The van der Waals surface area contributed by atoms with Gasteiger partial charge in [-0.3, -0.25) is 0 Å². The molecule has 1 aliphatic heterocycles. The minimum atomic E-state index is -0.0361. The van der Waals surface area contributed by atoms with Crippen molar-refractivity contribution in [3.63, 3.8) is 0 Å². The predicted molar refractivity (Wildman–Crippen MR) is 68.5 cm³/mol. The fourth-order valence-electron chi connectivity index (χ4n) is 2.19. The van der Waals surface area contributed by atoms with Crippen LogP contribution >= 0.6 is 0 Å². The summed E-state index contributed by atoms with van der Waals surface area (Å²) in [5.74, 6) is 1.24. The van der Waals surface area contributed by atoms with Gasteiger partial charge in [0.25, 0.3) is 0 Å². The molecule has 3 heterocycles. The molecule has 0 aliphatic carbocycles. The molecule has 20 heavy (non-hydrogen) atoms. The fraction of sp³-hybridized carbons (Fsp3) is 0.455. The number of tetrazole rings is 1. The second-order valence-corrected chi connectivity index (χ2v) is 4.43. The first kappa shape index (κ1) is 12.4. The molecular weight excluding hydrogens is 258 g/mol. The average Bonchev–Trinajstić information content (AvgIpc) is 2.94. The van der Waals surface area contributed by atoms with E-state index < -0.39 is 0 Å². The van der Waals surface area contributed by atoms with Gasteiger partial charge in [0.1, 0.15) is 6.07 Å². The zero-order chi connectivity index (χ0) is 13.9. The lowest BCUT2D eigenvalue weighted by atomic mass is 10.2. The summed E-state index contributed by atoms with van der Waals surface area (Å²) in [6, 6.07) is 2.03. The Balaban J connectivity index is 1.83. The lowest BCUT2D eigenvalue weighted by Crippen LogP contribution is -2.47. The van der Waals surface area contributed by atoms with Crippen molar-refractivity contribution in [2.45, 2.75) is 6.04 Å². The number of nitriles is 1. The summed E-state index contributed by atoms with van der Waals surface area (Å²) in [5.41, 5.74) is 0.334. The number of aryl methyl sites for hydroxylation is 1. The second-order valence-electron chi connectivity index (χ2n) is 4.43. The van der Waals surface area contributed by atoms with E-state index in [1.807, 2.05) is 4.90 Å². The molecule has 9 heteroatoms. The molecular formula is C11H13N9. The summed E-state index contributed by atoms with van der Waals surface area (Å²) in [7, 11) is 1.73. The number of hydrogen-bond donors (Lipinski definition) is 1. The maximum Gasteiger partial charge on any atom is 0.193 e. The topological polar surface area (TPSA) is 108 Å². The Bertz CT molecular complexity index is 643. The number of nitrogens with one attached hydrogen (secondary N) is 1. The first-order valence-corrected chi connectivity index (χ1v) is 6.21. The third kappa shape index (κ3) is 2.28. The number of hydrogen-bond acceptors (Lipinski definition) is 8. The van der Waals surface area contributed by atoms with Crippen molar-refractivity contribution in [3.8, 4) is 6.07 Å². The summed E-state index contributed by atoms with van der Waals surface area (Å²) in [6.07, 6.45) is 3.11. The van der Waals surface area contributed by atoms with Gasteiger partial charge in [0.2, 0.25) is 0 Å². The molecule has 0 amide bonds. The van der Waals surface area contributed by atoms with Crippen molar-refractivity contribution in [3.05, 3.63) is 23.9 Å². The third-order valence-corrected chi connectivity index (χ3v) is 3.10. The smallest absolute Gasteiger partial charge is 0.193 e. The maximum atomic E-state index is 9.10. The van der Waals surface area contributed by atoms with Crippen LogP contribution in [0.1, 0.15) is 17.6 Å². The van der Waals surface area contributed by atoms with E-state index in [0.717, 1.165) is 13.1 Å². The number of nitrogens with zero attached hydrogens (tertiary/aromatic N) is 8. The van der Waals surface area contributed by atoms with Gasteiger partial charge in [-0.2, -0.15) is 10.1 Å². The molecule has 1 saturated heterocycles. The molecule has 1 atom stereocenters. The fourth-order valence-corrected chi connectivity index (χ4v) is 2.19. The zero-order valence-electron chi connectivity index (χ0n) is 10.9. The SMILES string of the molecule is Cn1nnc(C2CN(c3nccnc3C#N)CCN2)n1. The van der Waals surface area contributed by atoms with E-state index >= 15 is 0 Å². The summed E-state index contributed by atoms with van der Waals surface area (Å²) in [5, 5.41) is 24.5. The van der Waals surface area contributed by atoms with Gasteiger partial charge in [-0.25, -0.2) is 9.97 Å². The number of rotatable bonds is 2. The number of aromatic nitrogens is 6. The standard InChI is InChI=1S/C11H13N9/c1-19-17-10(16-18-19)9-7-20(5-4-14-9)11-8(6-12)13-2-3-15-11/h2-3,9,14H,4-5,7H2,1H3. The largest absolute Gasteiger partial charge is 0.351 e. The average molecular weight is 271 g/mol.